The summed E-state index contributed by atoms with van der Waals surface area (Å²) in [4.78, 5) is 16.1. The summed E-state index contributed by atoms with van der Waals surface area (Å²) in [6, 6.07) is 6.77. The second-order valence-corrected chi connectivity index (χ2v) is 5.50. The Balaban J connectivity index is 1.95. The molecule has 8 heteroatoms. The summed E-state index contributed by atoms with van der Waals surface area (Å²) in [5.74, 6) is 1.32. The molecule has 1 heterocycles. The van der Waals surface area contributed by atoms with Gasteiger partial charge in [-0.2, -0.15) is 9.36 Å². The minimum Gasteiger partial charge on any atom is -0.495 e. The molecule has 21 heavy (non-hydrogen) atoms. The molecule has 0 saturated heterocycles. The van der Waals surface area contributed by atoms with E-state index in [1.54, 1.807) is 25.3 Å². The molecule has 0 atom stereocenters. The smallest absolute Gasteiger partial charge is 0.325 e. The molecular weight excluding hydrogens is 308 g/mol. The number of benzene rings is 1. The fourth-order valence-electron chi connectivity index (χ4n) is 1.45. The van der Waals surface area contributed by atoms with Crippen molar-refractivity contribution in [2.75, 3.05) is 23.5 Å². The Kier molecular flexibility index (Phi) is 5.59. The molecule has 0 fully saturated rings. The zero-order chi connectivity index (χ0) is 15.1. The number of amides is 2. The quantitative estimate of drug-likeness (QED) is 0.629. The molecule has 2 rings (SSSR count). The fourth-order valence-corrected chi connectivity index (χ4v) is 2.73. The van der Waals surface area contributed by atoms with E-state index in [9.17, 15) is 4.79 Å². The van der Waals surface area contributed by atoms with Gasteiger partial charge in [0.1, 0.15) is 5.75 Å². The number of para-hydroxylation sites is 2. The van der Waals surface area contributed by atoms with Crippen LogP contribution in [-0.4, -0.2) is 28.3 Å². The average molecular weight is 322 g/mol. The summed E-state index contributed by atoms with van der Waals surface area (Å²) in [6.07, 6.45) is 1.77. The van der Waals surface area contributed by atoms with Crippen LogP contribution in [0.15, 0.2) is 42.1 Å². The summed E-state index contributed by atoms with van der Waals surface area (Å²) >= 11 is 2.59. The summed E-state index contributed by atoms with van der Waals surface area (Å²) in [7, 11) is 1.55. The van der Waals surface area contributed by atoms with Crippen molar-refractivity contribution in [3.05, 3.63) is 36.9 Å². The number of hydrogen-bond donors (Lipinski definition) is 2. The van der Waals surface area contributed by atoms with Gasteiger partial charge < -0.3 is 10.1 Å². The highest BCUT2D eigenvalue weighted by Crippen LogP contribution is 2.24. The van der Waals surface area contributed by atoms with E-state index in [2.05, 4.69) is 26.6 Å². The van der Waals surface area contributed by atoms with E-state index in [-0.39, 0.29) is 0 Å². The molecule has 0 aliphatic carbocycles. The Bertz CT molecular complexity index is 630. The lowest BCUT2D eigenvalue weighted by Crippen LogP contribution is -2.19. The SMILES string of the molecule is C=CCSc1nsc(NC(=O)Nc2ccccc2OC)n1. The van der Waals surface area contributed by atoms with Crippen molar-refractivity contribution in [2.24, 2.45) is 0 Å². The Hall–Kier alpha value is -2.06. The molecule has 0 aliphatic heterocycles. The normalized spacial score (nSPS) is 9.95. The lowest BCUT2D eigenvalue weighted by Gasteiger charge is -2.09. The summed E-state index contributed by atoms with van der Waals surface area (Å²) < 4.78 is 9.29. The molecule has 0 unspecified atom stereocenters. The van der Waals surface area contributed by atoms with E-state index in [0.29, 0.717) is 21.7 Å². The highest BCUT2D eigenvalue weighted by Gasteiger charge is 2.10. The number of nitrogens with one attached hydrogen (secondary N) is 2. The van der Waals surface area contributed by atoms with Gasteiger partial charge in [0.2, 0.25) is 10.3 Å². The molecular formula is C13H14N4O2S2. The first-order chi connectivity index (χ1) is 10.2. The Labute approximate surface area is 130 Å². The molecule has 2 aromatic rings. The second-order valence-electron chi connectivity index (χ2n) is 3.76. The number of hydrogen-bond acceptors (Lipinski definition) is 6. The third-order valence-electron chi connectivity index (χ3n) is 2.31. The predicted octanol–water partition coefficient (Wildman–Crippen LogP) is 3.47. The van der Waals surface area contributed by atoms with Crippen LogP contribution >= 0.6 is 23.3 Å². The van der Waals surface area contributed by atoms with Crippen LogP contribution in [0.3, 0.4) is 0 Å². The molecule has 2 N–H and O–H groups in total. The van der Waals surface area contributed by atoms with Gasteiger partial charge in [0, 0.05) is 17.3 Å². The lowest BCUT2D eigenvalue weighted by atomic mass is 10.3. The predicted molar refractivity (Wildman–Crippen MR) is 86.5 cm³/mol. The number of carbonyl (C=O) groups excluding carboxylic acids is 1. The molecule has 6 nitrogen and oxygen atoms in total. The number of anilines is 2. The van der Waals surface area contributed by atoms with Gasteiger partial charge in [0.15, 0.2) is 0 Å². The van der Waals surface area contributed by atoms with E-state index < -0.39 is 6.03 Å². The van der Waals surface area contributed by atoms with Gasteiger partial charge in [-0.05, 0) is 12.1 Å². The topological polar surface area (TPSA) is 76.1 Å². The Morgan fingerprint density at radius 3 is 3.05 bits per heavy atom. The van der Waals surface area contributed by atoms with Crippen LogP contribution < -0.4 is 15.4 Å². The summed E-state index contributed by atoms with van der Waals surface area (Å²) in [6.45, 7) is 3.63. The van der Waals surface area contributed by atoms with E-state index in [0.717, 1.165) is 17.3 Å². The molecule has 0 radical (unpaired) electrons. The van der Waals surface area contributed by atoms with Gasteiger partial charge in [-0.15, -0.1) is 6.58 Å². The van der Waals surface area contributed by atoms with Crippen molar-refractivity contribution < 1.29 is 9.53 Å². The maximum atomic E-state index is 11.9. The number of nitrogens with zero attached hydrogens (tertiary/aromatic N) is 2. The third kappa shape index (κ3) is 4.47. The number of urea groups is 1. The standard InChI is InChI=1S/C13H14N4O2S2/c1-3-8-20-13-16-12(21-17-13)15-11(18)14-9-6-4-5-7-10(9)19-2/h3-7H,1,8H2,2H3,(H2,14,15,16,17,18). The summed E-state index contributed by atoms with van der Waals surface area (Å²) in [5.41, 5.74) is 0.586. The first kappa shape index (κ1) is 15.3. The molecule has 1 aromatic carbocycles. The van der Waals surface area contributed by atoms with Gasteiger partial charge in [0.05, 0.1) is 12.8 Å². The number of ether oxygens (including phenoxy) is 1. The van der Waals surface area contributed by atoms with Crippen LogP contribution in [0, 0.1) is 0 Å². The van der Waals surface area contributed by atoms with E-state index in [4.69, 9.17) is 4.74 Å². The number of rotatable bonds is 6. The zero-order valence-corrected chi connectivity index (χ0v) is 13.0. The van der Waals surface area contributed by atoms with Crippen LogP contribution in [-0.2, 0) is 0 Å². The fraction of sp³-hybridized carbons (Fsp3) is 0.154. The number of carbonyl (C=O) groups is 1. The Morgan fingerprint density at radius 1 is 1.48 bits per heavy atom. The van der Waals surface area contributed by atoms with Crippen LogP contribution in [0.25, 0.3) is 0 Å². The molecule has 0 spiro atoms. The van der Waals surface area contributed by atoms with Crippen molar-refractivity contribution in [1.82, 2.24) is 9.36 Å². The monoisotopic (exact) mass is 322 g/mol. The van der Waals surface area contributed by atoms with Gasteiger partial charge in [-0.3, -0.25) is 5.32 Å². The zero-order valence-electron chi connectivity index (χ0n) is 11.3. The van der Waals surface area contributed by atoms with E-state index in [1.165, 1.54) is 11.8 Å². The second kappa shape index (κ2) is 7.65. The highest BCUT2D eigenvalue weighted by molar-refractivity contribution is 7.99. The summed E-state index contributed by atoms with van der Waals surface area (Å²) in [5, 5.41) is 6.40. The van der Waals surface area contributed by atoms with Gasteiger partial charge in [-0.25, -0.2) is 4.79 Å². The van der Waals surface area contributed by atoms with E-state index >= 15 is 0 Å². The largest absolute Gasteiger partial charge is 0.495 e. The van der Waals surface area contributed by atoms with Crippen LogP contribution in [0.2, 0.25) is 0 Å². The van der Waals surface area contributed by atoms with Gasteiger partial charge >= 0.3 is 6.03 Å². The molecule has 2 amide bonds. The van der Waals surface area contributed by atoms with E-state index in [1.807, 2.05) is 12.1 Å². The molecule has 0 saturated carbocycles. The Morgan fingerprint density at radius 2 is 2.29 bits per heavy atom. The van der Waals surface area contributed by atoms with Gasteiger partial charge in [-0.1, -0.05) is 30.0 Å². The number of aromatic nitrogens is 2. The van der Waals surface area contributed by atoms with Crippen LogP contribution in [0.4, 0.5) is 15.6 Å². The lowest BCUT2D eigenvalue weighted by molar-refractivity contribution is 0.262. The minimum absolute atomic E-state index is 0.393. The molecule has 0 aliphatic rings. The van der Waals surface area contributed by atoms with Crippen molar-refractivity contribution in [3.8, 4) is 5.75 Å². The highest BCUT2D eigenvalue weighted by atomic mass is 32.2. The average Bonchev–Trinajstić information content (AvgIpc) is 2.93. The molecule has 0 bridgehead atoms. The molecule has 1 aromatic heterocycles. The first-order valence-corrected chi connectivity index (χ1v) is 7.77. The van der Waals surface area contributed by atoms with Crippen LogP contribution in [0.5, 0.6) is 5.75 Å². The first-order valence-electron chi connectivity index (χ1n) is 6.01. The number of methoxy groups -OCH3 is 1. The number of thioether (sulfide) groups is 1. The minimum atomic E-state index is -0.393. The van der Waals surface area contributed by atoms with Crippen molar-refractivity contribution in [1.29, 1.82) is 0 Å². The maximum absolute atomic E-state index is 11.9. The van der Waals surface area contributed by atoms with Crippen molar-refractivity contribution >= 4 is 40.1 Å². The van der Waals surface area contributed by atoms with Crippen LogP contribution in [0.1, 0.15) is 0 Å². The third-order valence-corrected chi connectivity index (χ3v) is 3.90. The molecule has 110 valence electrons. The van der Waals surface area contributed by atoms with Crippen molar-refractivity contribution in [3.63, 3.8) is 0 Å². The van der Waals surface area contributed by atoms with Crippen molar-refractivity contribution in [2.45, 2.75) is 5.16 Å². The maximum Gasteiger partial charge on any atom is 0.325 e. The van der Waals surface area contributed by atoms with Gasteiger partial charge in [0.25, 0.3) is 0 Å².